The van der Waals surface area contributed by atoms with Crippen molar-refractivity contribution in [2.24, 2.45) is 5.92 Å². The third kappa shape index (κ3) is 2.74. The molecule has 0 aromatic heterocycles. The molecule has 0 aliphatic carbocycles. The standard InChI is InChI=1S/C12H15O2/c1-2-4-12(5-3-1)14-10-11-6-8-13-9-7-11/h2-5,11H,6-10H2. The van der Waals surface area contributed by atoms with Crippen LogP contribution in [0.1, 0.15) is 12.8 Å². The van der Waals surface area contributed by atoms with Crippen molar-refractivity contribution in [3.05, 3.63) is 30.3 Å². The van der Waals surface area contributed by atoms with Gasteiger partial charge in [-0.3, -0.25) is 0 Å². The monoisotopic (exact) mass is 191 g/mol. The zero-order chi connectivity index (χ0) is 9.64. The SMILES string of the molecule is [c]1ccc(OCC2CCOCC2)cc1. The van der Waals surface area contributed by atoms with Gasteiger partial charge in [-0.05, 0) is 37.0 Å². The summed E-state index contributed by atoms with van der Waals surface area (Å²) < 4.78 is 11.0. The van der Waals surface area contributed by atoms with Gasteiger partial charge in [-0.2, -0.15) is 0 Å². The van der Waals surface area contributed by atoms with Crippen molar-refractivity contribution in [1.82, 2.24) is 0 Å². The Balaban J connectivity index is 1.76. The second kappa shape index (κ2) is 5.01. The van der Waals surface area contributed by atoms with Crippen LogP contribution in [0.2, 0.25) is 0 Å². The molecule has 1 aromatic carbocycles. The summed E-state index contributed by atoms with van der Waals surface area (Å²) in [7, 11) is 0. The quantitative estimate of drug-likeness (QED) is 0.729. The Labute approximate surface area is 84.8 Å². The Kier molecular flexibility index (Phi) is 3.41. The fourth-order valence-electron chi connectivity index (χ4n) is 1.59. The van der Waals surface area contributed by atoms with Gasteiger partial charge >= 0.3 is 0 Å². The molecule has 2 rings (SSSR count). The molecule has 2 nitrogen and oxygen atoms in total. The van der Waals surface area contributed by atoms with Crippen LogP contribution in [-0.4, -0.2) is 19.8 Å². The van der Waals surface area contributed by atoms with E-state index in [2.05, 4.69) is 6.07 Å². The Morgan fingerprint density at radius 1 is 1.29 bits per heavy atom. The Hall–Kier alpha value is -1.02. The minimum atomic E-state index is 0.660. The van der Waals surface area contributed by atoms with Gasteiger partial charge in [0, 0.05) is 13.2 Å². The van der Waals surface area contributed by atoms with E-state index >= 15 is 0 Å². The zero-order valence-electron chi connectivity index (χ0n) is 8.24. The molecule has 1 aromatic rings. The number of rotatable bonds is 3. The molecule has 0 atom stereocenters. The van der Waals surface area contributed by atoms with E-state index < -0.39 is 0 Å². The van der Waals surface area contributed by atoms with Crippen molar-refractivity contribution in [3.63, 3.8) is 0 Å². The van der Waals surface area contributed by atoms with E-state index in [1.54, 1.807) is 0 Å². The van der Waals surface area contributed by atoms with E-state index in [-0.39, 0.29) is 0 Å². The molecular formula is C12H15O2. The predicted octanol–water partition coefficient (Wildman–Crippen LogP) is 2.29. The minimum Gasteiger partial charge on any atom is -0.493 e. The highest BCUT2D eigenvalue weighted by Gasteiger charge is 2.13. The third-order valence-electron chi connectivity index (χ3n) is 2.51. The maximum absolute atomic E-state index is 5.67. The van der Waals surface area contributed by atoms with Gasteiger partial charge in [-0.1, -0.05) is 12.1 Å². The zero-order valence-corrected chi connectivity index (χ0v) is 8.24. The summed E-state index contributed by atoms with van der Waals surface area (Å²) in [5.74, 6) is 1.60. The van der Waals surface area contributed by atoms with Crippen molar-refractivity contribution >= 4 is 0 Å². The fraction of sp³-hybridized carbons (Fsp3) is 0.500. The van der Waals surface area contributed by atoms with E-state index in [1.807, 2.05) is 24.3 Å². The largest absolute Gasteiger partial charge is 0.493 e. The lowest BCUT2D eigenvalue weighted by Gasteiger charge is -2.21. The highest BCUT2D eigenvalue weighted by molar-refractivity contribution is 5.20. The fourth-order valence-corrected chi connectivity index (χ4v) is 1.59. The van der Waals surface area contributed by atoms with E-state index in [9.17, 15) is 0 Å². The van der Waals surface area contributed by atoms with Crippen LogP contribution in [0, 0.1) is 12.0 Å². The summed E-state index contributed by atoms with van der Waals surface area (Å²) in [6.07, 6.45) is 2.25. The molecule has 0 spiro atoms. The molecule has 0 amide bonds. The first kappa shape index (κ1) is 9.53. The summed E-state index contributed by atoms with van der Waals surface area (Å²) >= 11 is 0. The molecule has 1 saturated heterocycles. The molecule has 1 heterocycles. The van der Waals surface area contributed by atoms with Crippen molar-refractivity contribution < 1.29 is 9.47 Å². The first-order chi connectivity index (χ1) is 6.95. The molecule has 2 heteroatoms. The Morgan fingerprint density at radius 2 is 2.00 bits per heavy atom. The second-order valence-electron chi connectivity index (χ2n) is 3.60. The van der Waals surface area contributed by atoms with Crippen LogP contribution in [-0.2, 0) is 4.74 Å². The summed E-state index contributed by atoms with van der Waals surface area (Å²) in [5, 5.41) is 0. The van der Waals surface area contributed by atoms with Crippen LogP contribution in [0.25, 0.3) is 0 Å². The highest BCUT2D eigenvalue weighted by atomic mass is 16.5. The normalized spacial score (nSPS) is 18.0. The molecule has 75 valence electrons. The van der Waals surface area contributed by atoms with Gasteiger partial charge in [0.2, 0.25) is 0 Å². The summed E-state index contributed by atoms with van der Waals surface area (Å²) in [4.78, 5) is 0. The topological polar surface area (TPSA) is 18.5 Å². The predicted molar refractivity (Wildman–Crippen MR) is 54.3 cm³/mol. The highest BCUT2D eigenvalue weighted by Crippen LogP contribution is 2.17. The van der Waals surface area contributed by atoms with E-state index in [0.717, 1.165) is 38.4 Å². The van der Waals surface area contributed by atoms with Crippen LogP contribution in [0.5, 0.6) is 5.75 Å². The molecule has 0 unspecified atom stereocenters. The van der Waals surface area contributed by atoms with Gasteiger partial charge in [-0.15, -0.1) is 0 Å². The van der Waals surface area contributed by atoms with Gasteiger partial charge in [-0.25, -0.2) is 0 Å². The first-order valence-corrected chi connectivity index (χ1v) is 5.12. The second-order valence-corrected chi connectivity index (χ2v) is 3.60. The van der Waals surface area contributed by atoms with Crippen LogP contribution in [0.15, 0.2) is 24.3 Å². The lowest BCUT2D eigenvalue weighted by molar-refractivity contribution is 0.0497. The molecule has 0 saturated carbocycles. The van der Waals surface area contributed by atoms with Gasteiger partial charge in [0.05, 0.1) is 6.61 Å². The van der Waals surface area contributed by atoms with Crippen LogP contribution in [0.3, 0.4) is 0 Å². The Bertz CT molecular complexity index is 252. The van der Waals surface area contributed by atoms with Crippen molar-refractivity contribution in [1.29, 1.82) is 0 Å². The molecular weight excluding hydrogens is 176 g/mol. The Morgan fingerprint density at radius 3 is 2.71 bits per heavy atom. The van der Waals surface area contributed by atoms with Gasteiger partial charge < -0.3 is 9.47 Å². The smallest absolute Gasteiger partial charge is 0.119 e. The van der Waals surface area contributed by atoms with Crippen LogP contribution < -0.4 is 4.74 Å². The average Bonchev–Trinajstić information content (AvgIpc) is 2.29. The summed E-state index contributed by atoms with van der Waals surface area (Å²) in [6.45, 7) is 2.58. The molecule has 1 aliphatic heterocycles. The van der Waals surface area contributed by atoms with Crippen molar-refractivity contribution in [2.45, 2.75) is 12.8 Å². The van der Waals surface area contributed by atoms with Crippen molar-refractivity contribution in [2.75, 3.05) is 19.8 Å². The third-order valence-corrected chi connectivity index (χ3v) is 2.51. The molecule has 1 aliphatic rings. The van der Waals surface area contributed by atoms with Gasteiger partial charge in [0.15, 0.2) is 0 Å². The molecule has 14 heavy (non-hydrogen) atoms. The number of benzene rings is 1. The number of hydrogen-bond donors (Lipinski definition) is 0. The lowest BCUT2D eigenvalue weighted by atomic mass is 10.0. The number of hydrogen-bond acceptors (Lipinski definition) is 2. The van der Waals surface area contributed by atoms with Crippen molar-refractivity contribution in [3.8, 4) is 5.75 Å². The minimum absolute atomic E-state index is 0.660. The molecule has 0 N–H and O–H groups in total. The van der Waals surface area contributed by atoms with Gasteiger partial charge in [0.1, 0.15) is 5.75 Å². The van der Waals surface area contributed by atoms with Gasteiger partial charge in [0.25, 0.3) is 0 Å². The lowest BCUT2D eigenvalue weighted by Crippen LogP contribution is -2.21. The molecule has 0 bridgehead atoms. The van der Waals surface area contributed by atoms with Crippen LogP contribution in [0.4, 0.5) is 0 Å². The van der Waals surface area contributed by atoms with E-state index in [1.165, 1.54) is 0 Å². The maximum atomic E-state index is 5.67. The summed E-state index contributed by atoms with van der Waals surface area (Å²) in [5.41, 5.74) is 0. The summed E-state index contributed by atoms with van der Waals surface area (Å²) in [6, 6.07) is 10.6. The van der Waals surface area contributed by atoms with Crippen LogP contribution >= 0.6 is 0 Å². The first-order valence-electron chi connectivity index (χ1n) is 5.12. The van der Waals surface area contributed by atoms with E-state index in [0.29, 0.717) is 5.92 Å². The average molecular weight is 191 g/mol. The molecule has 1 fully saturated rings. The van der Waals surface area contributed by atoms with E-state index in [4.69, 9.17) is 9.47 Å². The maximum Gasteiger partial charge on any atom is 0.119 e. The number of ether oxygens (including phenoxy) is 2. The molecule has 1 radical (unpaired) electrons.